The van der Waals surface area contributed by atoms with Crippen LogP contribution in [0.5, 0.6) is 0 Å². The molecule has 1 aromatic heterocycles. The number of nitrogens with two attached hydrogens (primary N) is 1. The van der Waals surface area contributed by atoms with Gasteiger partial charge in [-0.2, -0.15) is 5.10 Å². The first-order chi connectivity index (χ1) is 12.9. The van der Waals surface area contributed by atoms with Gasteiger partial charge >= 0.3 is 0 Å². The Hall–Kier alpha value is -2.25. The van der Waals surface area contributed by atoms with Crippen LogP contribution in [-0.4, -0.2) is 36.0 Å². The Morgan fingerprint density at radius 2 is 2.00 bits per heavy atom. The number of hydrogen-bond acceptors (Lipinski definition) is 5. The van der Waals surface area contributed by atoms with Gasteiger partial charge in [0.25, 0.3) is 5.56 Å². The Morgan fingerprint density at radius 3 is 2.59 bits per heavy atom. The summed E-state index contributed by atoms with van der Waals surface area (Å²) in [5.41, 5.74) is 8.74. The van der Waals surface area contributed by atoms with E-state index in [0.29, 0.717) is 29.1 Å². The largest absolute Gasteiger partial charge is 0.364 e. The molecule has 0 unspecified atom stereocenters. The SMILES string of the molecule is Cc1c(-c2ccc(CN)c(F)c2)nn(CC(C)C)c(=O)c1N1CCNCC1. The number of rotatable bonds is 5. The fraction of sp³-hybridized carbons (Fsp3) is 0.500. The van der Waals surface area contributed by atoms with E-state index in [1.807, 2.05) is 26.8 Å². The third-order valence-electron chi connectivity index (χ3n) is 4.89. The molecule has 0 aliphatic carbocycles. The number of nitrogens with zero attached hydrogens (tertiary/aromatic N) is 3. The molecular weight excluding hydrogens is 345 g/mol. The van der Waals surface area contributed by atoms with Crippen LogP contribution in [0.3, 0.4) is 0 Å². The van der Waals surface area contributed by atoms with Crippen molar-refractivity contribution in [2.75, 3.05) is 31.1 Å². The van der Waals surface area contributed by atoms with Crippen LogP contribution in [0.15, 0.2) is 23.0 Å². The van der Waals surface area contributed by atoms with Crippen LogP contribution in [0, 0.1) is 18.7 Å². The van der Waals surface area contributed by atoms with Gasteiger partial charge in [-0.25, -0.2) is 9.07 Å². The normalized spacial score (nSPS) is 14.8. The van der Waals surface area contributed by atoms with Crippen molar-refractivity contribution in [1.82, 2.24) is 15.1 Å². The zero-order valence-corrected chi connectivity index (χ0v) is 16.3. The first-order valence-corrected chi connectivity index (χ1v) is 9.48. The van der Waals surface area contributed by atoms with E-state index in [1.54, 1.807) is 6.07 Å². The number of anilines is 1. The predicted octanol–water partition coefficient (Wildman–Crippen LogP) is 1.88. The molecule has 1 fully saturated rings. The number of aromatic nitrogens is 2. The fourth-order valence-corrected chi connectivity index (χ4v) is 3.50. The Labute approximate surface area is 159 Å². The minimum absolute atomic E-state index is 0.0779. The van der Waals surface area contributed by atoms with E-state index >= 15 is 0 Å². The molecule has 2 heterocycles. The highest BCUT2D eigenvalue weighted by atomic mass is 19.1. The van der Waals surface area contributed by atoms with E-state index in [2.05, 4.69) is 15.3 Å². The quantitative estimate of drug-likeness (QED) is 0.837. The number of piperazine rings is 1. The molecule has 1 aliphatic rings. The van der Waals surface area contributed by atoms with Gasteiger partial charge in [-0.3, -0.25) is 4.79 Å². The van der Waals surface area contributed by atoms with Crippen molar-refractivity contribution in [3.05, 3.63) is 45.5 Å². The van der Waals surface area contributed by atoms with Gasteiger partial charge in [-0.05, 0) is 18.9 Å². The van der Waals surface area contributed by atoms with Crippen LogP contribution >= 0.6 is 0 Å². The molecule has 146 valence electrons. The van der Waals surface area contributed by atoms with Crippen molar-refractivity contribution in [3.8, 4) is 11.3 Å². The van der Waals surface area contributed by atoms with Crippen molar-refractivity contribution in [2.24, 2.45) is 11.7 Å². The molecule has 0 amide bonds. The molecule has 0 bridgehead atoms. The van der Waals surface area contributed by atoms with Crippen molar-refractivity contribution in [3.63, 3.8) is 0 Å². The predicted molar refractivity (Wildman–Crippen MR) is 106 cm³/mol. The molecule has 0 spiro atoms. The maximum absolute atomic E-state index is 14.3. The van der Waals surface area contributed by atoms with Gasteiger partial charge in [-0.1, -0.05) is 26.0 Å². The Balaban J connectivity index is 2.17. The summed E-state index contributed by atoms with van der Waals surface area (Å²) >= 11 is 0. The van der Waals surface area contributed by atoms with Crippen molar-refractivity contribution in [1.29, 1.82) is 0 Å². The molecule has 2 aromatic rings. The molecule has 1 aromatic carbocycles. The van der Waals surface area contributed by atoms with Crippen molar-refractivity contribution < 1.29 is 4.39 Å². The lowest BCUT2D eigenvalue weighted by molar-refractivity contribution is 0.462. The van der Waals surface area contributed by atoms with E-state index < -0.39 is 0 Å². The summed E-state index contributed by atoms with van der Waals surface area (Å²) in [7, 11) is 0. The summed E-state index contributed by atoms with van der Waals surface area (Å²) in [6.07, 6.45) is 0. The molecule has 6 nitrogen and oxygen atoms in total. The van der Waals surface area contributed by atoms with Crippen LogP contribution in [0.1, 0.15) is 25.0 Å². The standard InChI is InChI=1S/C20H28FN5O/c1-13(2)12-26-20(27)19(25-8-6-23-7-9-25)14(3)18(24-26)15-4-5-16(11-22)17(21)10-15/h4-5,10,13,23H,6-9,11-12,22H2,1-3H3. The van der Waals surface area contributed by atoms with E-state index in [4.69, 9.17) is 5.73 Å². The molecule has 1 saturated heterocycles. The average Bonchev–Trinajstić information content (AvgIpc) is 2.64. The van der Waals surface area contributed by atoms with Gasteiger partial charge in [0.15, 0.2) is 0 Å². The molecule has 3 N–H and O–H groups in total. The van der Waals surface area contributed by atoms with Gasteiger partial charge < -0.3 is 16.0 Å². The second-order valence-electron chi connectivity index (χ2n) is 7.45. The number of halogens is 1. The summed E-state index contributed by atoms with van der Waals surface area (Å²) in [5.74, 6) is -0.0699. The third kappa shape index (κ3) is 4.04. The smallest absolute Gasteiger partial charge is 0.290 e. The molecule has 0 saturated carbocycles. The molecule has 27 heavy (non-hydrogen) atoms. The average molecular weight is 373 g/mol. The van der Waals surface area contributed by atoms with E-state index in [0.717, 1.165) is 31.7 Å². The monoisotopic (exact) mass is 373 g/mol. The van der Waals surface area contributed by atoms with Crippen LogP contribution in [-0.2, 0) is 13.1 Å². The minimum atomic E-state index is -0.346. The Kier molecular flexibility index (Phi) is 5.92. The van der Waals surface area contributed by atoms with E-state index in [-0.39, 0.29) is 23.8 Å². The topological polar surface area (TPSA) is 76.2 Å². The second kappa shape index (κ2) is 8.19. The summed E-state index contributed by atoms with van der Waals surface area (Å²) in [5, 5.41) is 7.91. The summed E-state index contributed by atoms with van der Waals surface area (Å²) in [6.45, 7) is 9.87. The maximum atomic E-state index is 14.3. The lowest BCUT2D eigenvalue weighted by Crippen LogP contribution is -2.47. The highest BCUT2D eigenvalue weighted by Crippen LogP contribution is 2.28. The van der Waals surface area contributed by atoms with Gasteiger partial charge in [0.05, 0.1) is 5.69 Å². The van der Waals surface area contributed by atoms with Gasteiger partial charge in [-0.15, -0.1) is 0 Å². The number of benzene rings is 1. The van der Waals surface area contributed by atoms with E-state index in [9.17, 15) is 9.18 Å². The van der Waals surface area contributed by atoms with Crippen molar-refractivity contribution in [2.45, 2.75) is 33.9 Å². The molecular formula is C20H28FN5O. The van der Waals surface area contributed by atoms with Crippen LogP contribution in [0.25, 0.3) is 11.3 Å². The maximum Gasteiger partial charge on any atom is 0.290 e. The van der Waals surface area contributed by atoms with Crippen LogP contribution in [0.4, 0.5) is 10.1 Å². The minimum Gasteiger partial charge on any atom is -0.364 e. The lowest BCUT2D eigenvalue weighted by Gasteiger charge is -2.31. The molecule has 7 heteroatoms. The lowest BCUT2D eigenvalue weighted by atomic mass is 10.0. The summed E-state index contributed by atoms with van der Waals surface area (Å²) in [6, 6.07) is 4.98. The first-order valence-electron chi connectivity index (χ1n) is 9.48. The van der Waals surface area contributed by atoms with Crippen molar-refractivity contribution >= 4 is 5.69 Å². The van der Waals surface area contributed by atoms with Crippen LogP contribution in [0.2, 0.25) is 0 Å². The third-order valence-corrected chi connectivity index (χ3v) is 4.89. The number of nitrogens with one attached hydrogen (secondary N) is 1. The first kappa shape index (κ1) is 19.5. The highest BCUT2D eigenvalue weighted by Gasteiger charge is 2.22. The molecule has 0 atom stereocenters. The molecule has 3 rings (SSSR count). The van der Waals surface area contributed by atoms with Gasteiger partial charge in [0, 0.05) is 56.0 Å². The summed E-state index contributed by atoms with van der Waals surface area (Å²) in [4.78, 5) is 15.2. The zero-order valence-electron chi connectivity index (χ0n) is 16.3. The van der Waals surface area contributed by atoms with E-state index in [1.165, 1.54) is 10.7 Å². The Bertz CT molecular complexity index is 871. The summed E-state index contributed by atoms with van der Waals surface area (Å²) < 4.78 is 15.8. The fourth-order valence-electron chi connectivity index (χ4n) is 3.50. The highest BCUT2D eigenvalue weighted by molar-refractivity contribution is 5.70. The van der Waals surface area contributed by atoms with Gasteiger partial charge in [0.2, 0.25) is 0 Å². The molecule has 1 aliphatic heterocycles. The van der Waals surface area contributed by atoms with Gasteiger partial charge in [0.1, 0.15) is 11.5 Å². The second-order valence-corrected chi connectivity index (χ2v) is 7.45. The molecule has 0 radical (unpaired) electrons. The zero-order chi connectivity index (χ0) is 19.6. The number of hydrogen-bond donors (Lipinski definition) is 2. The van der Waals surface area contributed by atoms with Crippen LogP contribution < -0.4 is 21.5 Å². The Morgan fingerprint density at radius 1 is 1.30 bits per heavy atom.